The van der Waals surface area contributed by atoms with Crippen LogP contribution in [0.2, 0.25) is 0 Å². The molecule has 1 unspecified atom stereocenters. The molecule has 0 aromatic carbocycles. The third-order valence-electron chi connectivity index (χ3n) is 1.12. The summed E-state index contributed by atoms with van der Waals surface area (Å²) in [6.45, 7) is 2.16. The average molecular weight is 153 g/mol. The number of halogens is 1. The maximum Gasteiger partial charge on any atom is 0.0249 e. The van der Waals surface area contributed by atoms with Crippen molar-refractivity contribution >= 4 is 24.2 Å². The quantitative estimate of drug-likeness (QED) is 0.465. The molecule has 1 atom stereocenters. The number of hydrogen-bond acceptors (Lipinski definition) is 1. The van der Waals surface area contributed by atoms with Crippen LogP contribution < -0.4 is 0 Å². The van der Waals surface area contributed by atoms with E-state index >= 15 is 0 Å². The summed E-state index contributed by atoms with van der Waals surface area (Å²) in [6.07, 6.45) is 2.41. The van der Waals surface area contributed by atoms with Gasteiger partial charge in [0.05, 0.1) is 0 Å². The van der Waals surface area contributed by atoms with Gasteiger partial charge in [0, 0.05) is 5.88 Å². The fourth-order valence-electron chi connectivity index (χ4n) is 0.517. The van der Waals surface area contributed by atoms with Gasteiger partial charge in [-0.05, 0) is 24.5 Å². The van der Waals surface area contributed by atoms with Crippen LogP contribution in [0.15, 0.2) is 0 Å². The summed E-state index contributed by atoms with van der Waals surface area (Å²) in [6, 6.07) is 0. The lowest BCUT2D eigenvalue weighted by Gasteiger charge is -2.02. The van der Waals surface area contributed by atoms with Gasteiger partial charge in [0.25, 0.3) is 0 Å². The van der Waals surface area contributed by atoms with Gasteiger partial charge in [-0.25, -0.2) is 0 Å². The van der Waals surface area contributed by atoms with E-state index in [2.05, 4.69) is 19.6 Å². The third kappa shape index (κ3) is 4.79. The molecule has 0 radical (unpaired) electrons. The number of thiol groups is 1. The van der Waals surface area contributed by atoms with E-state index in [0.29, 0.717) is 5.92 Å². The summed E-state index contributed by atoms with van der Waals surface area (Å²) in [5.41, 5.74) is 0. The molecule has 0 rings (SSSR count). The van der Waals surface area contributed by atoms with E-state index < -0.39 is 0 Å². The van der Waals surface area contributed by atoms with E-state index in [9.17, 15) is 0 Å². The van der Waals surface area contributed by atoms with E-state index in [-0.39, 0.29) is 0 Å². The van der Waals surface area contributed by atoms with Crippen molar-refractivity contribution in [3.05, 3.63) is 0 Å². The van der Waals surface area contributed by atoms with Crippen molar-refractivity contribution in [3.63, 3.8) is 0 Å². The Morgan fingerprint density at radius 3 is 2.62 bits per heavy atom. The minimum Gasteiger partial charge on any atom is -0.179 e. The van der Waals surface area contributed by atoms with E-state index in [4.69, 9.17) is 11.6 Å². The first kappa shape index (κ1) is 8.64. The van der Waals surface area contributed by atoms with Crippen molar-refractivity contribution in [2.75, 3.05) is 11.6 Å². The number of rotatable bonds is 4. The highest BCUT2D eigenvalue weighted by molar-refractivity contribution is 7.80. The van der Waals surface area contributed by atoms with Crippen molar-refractivity contribution < 1.29 is 0 Å². The van der Waals surface area contributed by atoms with Crippen molar-refractivity contribution in [1.82, 2.24) is 0 Å². The van der Waals surface area contributed by atoms with E-state index in [1.165, 1.54) is 12.8 Å². The molecule has 0 aliphatic heterocycles. The summed E-state index contributed by atoms with van der Waals surface area (Å²) in [5.74, 6) is 2.44. The molecule has 2 heteroatoms. The zero-order valence-corrected chi connectivity index (χ0v) is 6.88. The Morgan fingerprint density at radius 1 is 1.62 bits per heavy atom. The average Bonchev–Trinajstić information content (AvgIpc) is 1.83. The van der Waals surface area contributed by atoms with E-state index in [0.717, 1.165) is 11.6 Å². The molecule has 0 nitrogen and oxygen atoms in total. The Labute approximate surface area is 62.0 Å². The van der Waals surface area contributed by atoms with Crippen LogP contribution in [-0.2, 0) is 0 Å². The second-order valence-corrected chi connectivity index (χ2v) is 2.88. The Bertz CT molecular complexity index is 47.8. The van der Waals surface area contributed by atoms with Gasteiger partial charge in [-0.1, -0.05) is 6.92 Å². The molecule has 0 spiro atoms. The summed E-state index contributed by atoms with van der Waals surface area (Å²) < 4.78 is 0. The molecule has 0 aliphatic rings. The van der Waals surface area contributed by atoms with Crippen molar-refractivity contribution in [1.29, 1.82) is 0 Å². The molecule has 0 amide bonds. The monoisotopic (exact) mass is 152 g/mol. The molecular weight excluding hydrogens is 140 g/mol. The summed E-state index contributed by atoms with van der Waals surface area (Å²) in [7, 11) is 0. The summed E-state index contributed by atoms with van der Waals surface area (Å²) >= 11 is 9.65. The molecule has 0 aromatic heterocycles. The molecule has 50 valence electrons. The fourth-order valence-corrected chi connectivity index (χ4v) is 0.854. The van der Waals surface area contributed by atoms with Crippen molar-refractivity contribution in [2.45, 2.75) is 19.8 Å². The molecule has 0 bridgehead atoms. The van der Waals surface area contributed by atoms with Gasteiger partial charge in [0.2, 0.25) is 0 Å². The normalized spacial score (nSPS) is 13.9. The van der Waals surface area contributed by atoms with Gasteiger partial charge in [-0.15, -0.1) is 11.6 Å². The topological polar surface area (TPSA) is 0 Å². The maximum atomic E-state index is 5.56. The van der Waals surface area contributed by atoms with Crippen molar-refractivity contribution in [3.8, 4) is 0 Å². The Kier molecular flexibility index (Phi) is 6.23. The second kappa shape index (κ2) is 5.77. The Hall–Kier alpha value is 0.640. The maximum absolute atomic E-state index is 5.56. The Balaban J connectivity index is 2.86. The molecule has 0 saturated carbocycles. The highest BCUT2D eigenvalue weighted by Gasteiger charge is 1.96. The number of alkyl halides is 1. The molecule has 8 heavy (non-hydrogen) atoms. The molecule has 0 aromatic rings. The zero-order chi connectivity index (χ0) is 6.41. The van der Waals surface area contributed by atoms with E-state index in [1.807, 2.05) is 0 Å². The van der Waals surface area contributed by atoms with Crippen LogP contribution in [0.3, 0.4) is 0 Å². The van der Waals surface area contributed by atoms with Crippen LogP contribution in [0.1, 0.15) is 19.8 Å². The highest BCUT2D eigenvalue weighted by Crippen LogP contribution is 2.06. The second-order valence-electron chi connectivity index (χ2n) is 2.13. The van der Waals surface area contributed by atoms with Crippen LogP contribution in [0.5, 0.6) is 0 Å². The predicted molar refractivity (Wildman–Crippen MR) is 43.0 cm³/mol. The van der Waals surface area contributed by atoms with Crippen LogP contribution in [0.4, 0.5) is 0 Å². The first-order valence-electron chi connectivity index (χ1n) is 2.98. The minimum absolute atomic E-state index is 0.670. The van der Waals surface area contributed by atoms with Gasteiger partial charge in [-0.2, -0.15) is 12.6 Å². The molecule has 0 aliphatic carbocycles. The largest absolute Gasteiger partial charge is 0.179 e. The highest BCUT2D eigenvalue weighted by atomic mass is 35.5. The third-order valence-corrected chi connectivity index (χ3v) is 1.96. The van der Waals surface area contributed by atoms with Crippen molar-refractivity contribution in [2.24, 2.45) is 5.92 Å². The first-order valence-corrected chi connectivity index (χ1v) is 4.14. The lowest BCUT2D eigenvalue weighted by Crippen LogP contribution is -1.95. The van der Waals surface area contributed by atoms with Gasteiger partial charge < -0.3 is 0 Å². The first-order chi connectivity index (χ1) is 3.81. The summed E-state index contributed by atoms with van der Waals surface area (Å²) in [4.78, 5) is 0. The predicted octanol–water partition coefficient (Wildman–Crippen LogP) is 2.57. The van der Waals surface area contributed by atoms with Crippen LogP contribution in [-0.4, -0.2) is 11.6 Å². The standard InChI is InChI=1S/C6H13ClS/c1-6(5-7)3-2-4-8/h6,8H,2-5H2,1H3. The summed E-state index contributed by atoms with van der Waals surface area (Å²) in [5, 5.41) is 0. The van der Waals surface area contributed by atoms with Crippen LogP contribution in [0.25, 0.3) is 0 Å². The lowest BCUT2D eigenvalue weighted by molar-refractivity contribution is 0.585. The van der Waals surface area contributed by atoms with Gasteiger partial charge in [0.1, 0.15) is 0 Å². The molecule has 0 heterocycles. The van der Waals surface area contributed by atoms with Gasteiger partial charge in [0.15, 0.2) is 0 Å². The van der Waals surface area contributed by atoms with Gasteiger partial charge in [-0.3, -0.25) is 0 Å². The van der Waals surface area contributed by atoms with Crippen LogP contribution in [0, 0.1) is 5.92 Å². The number of hydrogen-bond donors (Lipinski definition) is 1. The van der Waals surface area contributed by atoms with Crippen LogP contribution >= 0.6 is 24.2 Å². The molecule has 0 fully saturated rings. The smallest absolute Gasteiger partial charge is 0.0249 e. The SMILES string of the molecule is CC(CCl)CCCS. The Morgan fingerprint density at radius 2 is 2.25 bits per heavy atom. The molecule has 0 saturated heterocycles. The van der Waals surface area contributed by atoms with E-state index in [1.54, 1.807) is 0 Å². The minimum atomic E-state index is 0.670. The molecule has 0 N–H and O–H groups in total. The molecular formula is C6H13ClS. The van der Waals surface area contributed by atoms with Gasteiger partial charge >= 0.3 is 0 Å². The fraction of sp³-hybridized carbons (Fsp3) is 1.00. The lowest BCUT2D eigenvalue weighted by atomic mass is 10.1. The zero-order valence-electron chi connectivity index (χ0n) is 5.23.